The van der Waals surface area contributed by atoms with Gasteiger partial charge in [-0.15, -0.1) is 0 Å². The molecule has 5 nitrogen and oxygen atoms in total. The van der Waals surface area contributed by atoms with Crippen LogP contribution in [0.1, 0.15) is 27.3 Å². The standard InChI is InChI=1S/C17H17F3N4O/c1-10-3-4-13-12(7-10)11(9-22-13)5-6-21-16(25)14-8-15(17(18,19)20)23-24(14)2/h3-4,7-9,22H,5-6H2,1-2H3,(H,21,25). The van der Waals surface area contributed by atoms with Crippen LogP contribution in [0.25, 0.3) is 10.9 Å². The maximum Gasteiger partial charge on any atom is 0.435 e. The number of fused-ring (bicyclic) bond motifs is 1. The van der Waals surface area contributed by atoms with Crippen molar-refractivity contribution in [3.05, 3.63) is 53.0 Å². The van der Waals surface area contributed by atoms with E-state index in [1.807, 2.05) is 25.3 Å². The van der Waals surface area contributed by atoms with E-state index in [0.29, 0.717) is 13.0 Å². The largest absolute Gasteiger partial charge is 0.435 e. The monoisotopic (exact) mass is 350 g/mol. The number of benzene rings is 1. The predicted octanol–water partition coefficient (Wildman–Crippen LogP) is 3.20. The summed E-state index contributed by atoms with van der Waals surface area (Å²) in [6, 6.07) is 6.80. The molecule has 0 atom stereocenters. The topological polar surface area (TPSA) is 62.7 Å². The van der Waals surface area contributed by atoms with Crippen molar-refractivity contribution in [3.8, 4) is 0 Å². The van der Waals surface area contributed by atoms with E-state index in [-0.39, 0.29) is 5.69 Å². The van der Waals surface area contributed by atoms with Gasteiger partial charge in [0.15, 0.2) is 5.69 Å². The summed E-state index contributed by atoms with van der Waals surface area (Å²) in [7, 11) is 1.31. The molecule has 8 heteroatoms. The Morgan fingerprint density at radius 1 is 1.32 bits per heavy atom. The molecule has 1 aromatic carbocycles. The number of amides is 1. The lowest BCUT2D eigenvalue weighted by molar-refractivity contribution is -0.141. The normalized spacial score (nSPS) is 11.9. The molecular formula is C17H17F3N4O. The quantitative estimate of drug-likeness (QED) is 0.759. The summed E-state index contributed by atoms with van der Waals surface area (Å²) < 4.78 is 38.9. The summed E-state index contributed by atoms with van der Waals surface area (Å²) in [6.07, 6.45) is -2.13. The van der Waals surface area contributed by atoms with Crippen LogP contribution in [0.4, 0.5) is 13.2 Å². The van der Waals surface area contributed by atoms with E-state index in [2.05, 4.69) is 21.5 Å². The third kappa shape index (κ3) is 3.52. The molecule has 0 fully saturated rings. The SMILES string of the molecule is Cc1ccc2[nH]cc(CCNC(=O)c3cc(C(F)(F)F)nn3C)c2c1. The number of hydrogen-bond acceptors (Lipinski definition) is 2. The van der Waals surface area contributed by atoms with Crippen LogP contribution in [0.2, 0.25) is 0 Å². The highest BCUT2D eigenvalue weighted by atomic mass is 19.4. The van der Waals surface area contributed by atoms with Crippen LogP contribution >= 0.6 is 0 Å². The van der Waals surface area contributed by atoms with E-state index in [1.165, 1.54) is 7.05 Å². The number of carbonyl (C=O) groups is 1. The van der Waals surface area contributed by atoms with Crippen LogP contribution in [-0.2, 0) is 19.6 Å². The fraction of sp³-hybridized carbons (Fsp3) is 0.294. The van der Waals surface area contributed by atoms with Crippen molar-refractivity contribution in [2.45, 2.75) is 19.5 Å². The Hall–Kier alpha value is -2.77. The molecule has 2 aromatic heterocycles. The number of hydrogen-bond donors (Lipinski definition) is 2. The van der Waals surface area contributed by atoms with Gasteiger partial charge in [-0.1, -0.05) is 11.6 Å². The molecule has 0 radical (unpaired) electrons. The summed E-state index contributed by atoms with van der Waals surface area (Å²) in [5, 5.41) is 7.06. The zero-order valence-corrected chi connectivity index (χ0v) is 13.7. The summed E-state index contributed by atoms with van der Waals surface area (Å²) >= 11 is 0. The Bertz CT molecular complexity index is 924. The Kier molecular flexibility index (Phi) is 4.28. The maximum atomic E-state index is 12.7. The average Bonchev–Trinajstić information content (AvgIpc) is 3.10. The van der Waals surface area contributed by atoms with E-state index in [1.54, 1.807) is 0 Å². The first-order valence-corrected chi connectivity index (χ1v) is 7.72. The summed E-state index contributed by atoms with van der Waals surface area (Å²) in [4.78, 5) is 15.3. The molecule has 1 amide bonds. The predicted molar refractivity (Wildman–Crippen MR) is 87.3 cm³/mol. The zero-order valence-electron chi connectivity index (χ0n) is 13.7. The van der Waals surface area contributed by atoms with Crippen molar-refractivity contribution in [2.75, 3.05) is 6.54 Å². The van der Waals surface area contributed by atoms with Crippen LogP contribution in [-0.4, -0.2) is 27.2 Å². The van der Waals surface area contributed by atoms with Gasteiger partial charge in [0.2, 0.25) is 0 Å². The molecule has 2 heterocycles. The number of aryl methyl sites for hydroxylation is 2. The minimum atomic E-state index is -4.57. The van der Waals surface area contributed by atoms with Gasteiger partial charge in [0.1, 0.15) is 5.69 Å². The first-order chi connectivity index (χ1) is 11.8. The molecule has 3 aromatic rings. The van der Waals surface area contributed by atoms with E-state index >= 15 is 0 Å². The third-order valence-corrected chi connectivity index (χ3v) is 4.01. The molecule has 0 aliphatic heterocycles. The summed E-state index contributed by atoms with van der Waals surface area (Å²) in [5.74, 6) is -0.582. The molecule has 25 heavy (non-hydrogen) atoms. The number of halogens is 3. The second kappa shape index (κ2) is 6.27. The molecule has 2 N–H and O–H groups in total. The number of nitrogens with one attached hydrogen (secondary N) is 2. The second-order valence-corrected chi connectivity index (χ2v) is 5.91. The zero-order chi connectivity index (χ0) is 18.2. The number of nitrogens with zero attached hydrogens (tertiary/aromatic N) is 2. The fourth-order valence-electron chi connectivity index (χ4n) is 2.72. The number of carbonyl (C=O) groups excluding carboxylic acids is 1. The lowest BCUT2D eigenvalue weighted by Gasteiger charge is -2.05. The first kappa shape index (κ1) is 17.1. The van der Waals surface area contributed by atoms with Gasteiger partial charge in [-0.3, -0.25) is 9.48 Å². The van der Waals surface area contributed by atoms with E-state index in [0.717, 1.165) is 32.8 Å². The van der Waals surface area contributed by atoms with Crippen LogP contribution in [0.15, 0.2) is 30.5 Å². The molecule has 0 saturated heterocycles. The fourth-order valence-corrected chi connectivity index (χ4v) is 2.72. The molecule has 0 aliphatic rings. The van der Waals surface area contributed by atoms with Crippen LogP contribution in [0.3, 0.4) is 0 Å². The first-order valence-electron chi connectivity index (χ1n) is 7.72. The Labute approximate surface area is 141 Å². The second-order valence-electron chi connectivity index (χ2n) is 5.91. The van der Waals surface area contributed by atoms with Gasteiger partial charge in [-0.05, 0) is 31.0 Å². The summed E-state index contributed by atoms with van der Waals surface area (Å²) in [6.45, 7) is 2.31. The average molecular weight is 350 g/mol. The lowest BCUT2D eigenvalue weighted by Crippen LogP contribution is -2.27. The van der Waals surface area contributed by atoms with Gasteiger partial charge in [0.25, 0.3) is 5.91 Å². The van der Waals surface area contributed by atoms with E-state index < -0.39 is 17.8 Å². The van der Waals surface area contributed by atoms with Crippen LogP contribution < -0.4 is 5.32 Å². The summed E-state index contributed by atoms with van der Waals surface area (Å²) in [5.41, 5.74) is 1.98. The van der Waals surface area contributed by atoms with Crippen molar-refractivity contribution in [2.24, 2.45) is 7.05 Å². The minimum Gasteiger partial charge on any atom is -0.361 e. The highest BCUT2D eigenvalue weighted by Gasteiger charge is 2.35. The van der Waals surface area contributed by atoms with E-state index in [9.17, 15) is 18.0 Å². The van der Waals surface area contributed by atoms with Gasteiger partial charge in [-0.2, -0.15) is 18.3 Å². The van der Waals surface area contributed by atoms with Crippen molar-refractivity contribution < 1.29 is 18.0 Å². The smallest absolute Gasteiger partial charge is 0.361 e. The van der Waals surface area contributed by atoms with Crippen molar-refractivity contribution in [1.82, 2.24) is 20.1 Å². The highest BCUT2D eigenvalue weighted by Crippen LogP contribution is 2.28. The molecule has 132 valence electrons. The number of H-pyrrole nitrogens is 1. The van der Waals surface area contributed by atoms with Crippen LogP contribution in [0, 0.1) is 6.92 Å². The van der Waals surface area contributed by atoms with Crippen molar-refractivity contribution in [1.29, 1.82) is 0 Å². The van der Waals surface area contributed by atoms with Gasteiger partial charge in [0, 0.05) is 36.8 Å². The van der Waals surface area contributed by atoms with Crippen molar-refractivity contribution >= 4 is 16.8 Å². The Morgan fingerprint density at radius 2 is 2.08 bits per heavy atom. The van der Waals surface area contributed by atoms with Gasteiger partial charge in [0.05, 0.1) is 0 Å². The molecule has 3 rings (SSSR count). The lowest BCUT2D eigenvalue weighted by atomic mass is 10.1. The number of aromatic amines is 1. The third-order valence-electron chi connectivity index (χ3n) is 4.01. The molecule has 0 spiro atoms. The molecular weight excluding hydrogens is 333 g/mol. The molecule has 0 aliphatic carbocycles. The van der Waals surface area contributed by atoms with Gasteiger partial charge < -0.3 is 10.3 Å². The maximum absolute atomic E-state index is 12.7. The van der Waals surface area contributed by atoms with E-state index in [4.69, 9.17) is 0 Å². The molecule has 0 saturated carbocycles. The Morgan fingerprint density at radius 3 is 2.76 bits per heavy atom. The van der Waals surface area contributed by atoms with Gasteiger partial charge in [-0.25, -0.2) is 0 Å². The molecule has 0 unspecified atom stereocenters. The van der Waals surface area contributed by atoms with Crippen LogP contribution in [0.5, 0.6) is 0 Å². The highest BCUT2D eigenvalue weighted by molar-refractivity contribution is 5.92. The molecule has 0 bridgehead atoms. The number of aromatic nitrogens is 3. The Balaban J connectivity index is 1.66. The van der Waals surface area contributed by atoms with Crippen molar-refractivity contribution in [3.63, 3.8) is 0 Å². The number of rotatable bonds is 4. The van der Waals surface area contributed by atoms with Gasteiger partial charge >= 0.3 is 6.18 Å². The number of alkyl halides is 3. The minimum absolute atomic E-state index is 0.123.